The standard InChI is InChI=1S/C8H7N2O4P.K/c9-6-15(12,13)14-10-8(11)7-4-2-1-3-5-7;/h1-5H,(H,10,11)(H,12,13);/q;+1/p-1. The number of nitriles is 1. The third kappa shape index (κ3) is 5.34. The predicted molar refractivity (Wildman–Crippen MR) is 48.2 cm³/mol. The Hall–Kier alpha value is -0.0336. The van der Waals surface area contributed by atoms with Gasteiger partial charge in [-0.2, -0.15) is 5.26 Å². The van der Waals surface area contributed by atoms with Crippen molar-refractivity contribution in [3.05, 3.63) is 35.9 Å². The number of carbonyl (C=O) groups is 1. The van der Waals surface area contributed by atoms with E-state index in [9.17, 15) is 14.3 Å². The van der Waals surface area contributed by atoms with E-state index in [2.05, 4.69) is 4.62 Å². The molecule has 0 heterocycles. The van der Waals surface area contributed by atoms with Crippen molar-refractivity contribution >= 4 is 13.5 Å². The van der Waals surface area contributed by atoms with Crippen LogP contribution in [-0.4, -0.2) is 5.91 Å². The Morgan fingerprint density at radius 1 is 1.44 bits per heavy atom. The largest absolute Gasteiger partial charge is 1.00 e. The van der Waals surface area contributed by atoms with Crippen LogP contribution in [0.25, 0.3) is 0 Å². The van der Waals surface area contributed by atoms with Gasteiger partial charge in [-0.05, 0) is 12.1 Å². The third-order valence-corrected chi connectivity index (χ3v) is 1.99. The number of nitrogens with one attached hydrogen (secondary N) is 1. The average Bonchev–Trinajstić information content (AvgIpc) is 2.27. The quantitative estimate of drug-likeness (QED) is 0.366. The Balaban J connectivity index is 0.00000225. The molecule has 1 rings (SSSR count). The molecular formula is C8H6KN2O4P. The maximum Gasteiger partial charge on any atom is 1.00 e. The van der Waals surface area contributed by atoms with Crippen molar-refractivity contribution in [3.63, 3.8) is 0 Å². The van der Waals surface area contributed by atoms with Crippen LogP contribution in [-0.2, 0) is 9.19 Å². The summed E-state index contributed by atoms with van der Waals surface area (Å²) in [5.74, 6) is 0.177. The van der Waals surface area contributed by atoms with E-state index in [1.54, 1.807) is 23.7 Å². The van der Waals surface area contributed by atoms with Gasteiger partial charge < -0.3 is 4.89 Å². The molecule has 0 aliphatic carbocycles. The molecule has 0 aromatic heterocycles. The van der Waals surface area contributed by atoms with Crippen molar-refractivity contribution in [2.24, 2.45) is 0 Å². The second kappa shape index (κ2) is 7.32. The maximum absolute atomic E-state index is 11.2. The van der Waals surface area contributed by atoms with Gasteiger partial charge in [0.2, 0.25) is 0 Å². The van der Waals surface area contributed by atoms with Crippen LogP contribution in [0, 0.1) is 11.1 Å². The molecule has 1 unspecified atom stereocenters. The Morgan fingerprint density at radius 3 is 2.50 bits per heavy atom. The first-order valence-electron chi connectivity index (χ1n) is 3.81. The summed E-state index contributed by atoms with van der Waals surface area (Å²) in [6, 6.07) is 7.86. The van der Waals surface area contributed by atoms with Crippen LogP contribution in [0.2, 0.25) is 0 Å². The van der Waals surface area contributed by atoms with Crippen molar-refractivity contribution in [1.29, 1.82) is 5.26 Å². The zero-order valence-electron chi connectivity index (χ0n) is 8.41. The molecule has 0 saturated carbocycles. The molecule has 0 spiro atoms. The molecule has 1 atom stereocenters. The molecule has 1 aromatic rings. The van der Waals surface area contributed by atoms with Crippen molar-refractivity contribution in [3.8, 4) is 5.81 Å². The van der Waals surface area contributed by atoms with Crippen LogP contribution in [0.1, 0.15) is 10.4 Å². The molecule has 0 fully saturated rings. The van der Waals surface area contributed by atoms with E-state index in [1.165, 1.54) is 12.1 Å². The second-order valence-electron chi connectivity index (χ2n) is 2.49. The first-order chi connectivity index (χ1) is 7.05. The van der Waals surface area contributed by atoms with Gasteiger partial charge in [0.1, 0.15) is 5.81 Å². The number of hydrogen-bond acceptors (Lipinski definition) is 5. The molecule has 78 valence electrons. The molecule has 0 saturated heterocycles. The van der Waals surface area contributed by atoms with Crippen LogP contribution >= 0.6 is 7.60 Å². The molecule has 0 aliphatic heterocycles. The molecular weight excluding hydrogens is 258 g/mol. The summed E-state index contributed by atoms with van der Waals surface area (Å²) < 4.78 is 14.5. The van der Waals surface area contributed by atoms with Crippen LogP contribution in [0.5, 0.6) is 0 Å². The number of hydrogen-bond donors (Lipinski definition) is 1. The fourth-order valence-electron chi connectivity index (χ4n) is 0.770. The average molecular weight is 264 g/mol. The van der Waals surface area contributed by atoms with E-state index in [0.717, 1.165) is 5.81 Å². The molecule has 1 N–H and O–H groups in total. The van der Waals surface area contributed by atoms with E-state index in [-0.39, 0.29) is 56.9 Å². The summed E-state index contributed by atoms with van der Waals surface area (Å²) in [6.07, 6.45) is 0. The van der Waals surface area contributed by atoms with Gasteiger partial charge >= 0.3 is 51.4 Å². The van der Waals surface area contributed by atoms with Gasteiger partial charge in [0.25, 0.3) is 13.5 Å². The Bertz CT molecular complexity index is 445. The minimum Gasteiger partial charge on any atom is -0.766 e. The van der Waals surface area contributed by atoms with Gasteiger partial charge in [0.05, 0.1) is 0 Å². The monoisotopic (exact) mass is 264 g/mol. The number of amides is 1. The van der Waals surface area contributed by atoms with E-state index < -0.39 is 13.5 Å². The van der Waals surface area contributed by atoms with Crippen LogP contribution in [0.4, 0.5) is 0 Å². The Labute approximate surface area is 135 Å². The fraction of sp³-hybridized carbons (Fsp3) is 0. The van der Waals surface area contributed by atoms with Gasteiger partial charge in [-0.15, -0.1) is 0 Å². The topological polar surface area (TPSA) is 102 Å². The van der Waals surface area contributed by atoms with Crippen LogP contribution < -0.4 is 61.8 Å². The van der Waals surface area contributed by atoms with E-state index >= 15 is 0 Å². The van der Waals surface area contributed by atoms with Crippen molar-refractivity contribution in [2.45, 2.75) is 0 Å². The van der Waals surface area contributed by atoms with Gasteiger partial charge in [-0.3, -0.25) is 9.36 Å². The van der Waals surface area contributed by atoms with E-state index in [0.29, 0.717) is 0 Å². The summed E-state index contributed by atoms with van der Waals surface area (Å²) in [7, 11) is -4.62. The first-order valence-corrected chi connectivity index (χ1v) is 5.36. The molecule has 0 aliphatic rings. The normalized spacial score (nSPS) is 12.8. The summed E-state index contributed by atoms with van der Waals surface area (Å²) in [4.78, 5) is 21.8. The summed E-state index contributed by atoms with van der Waals surface area (Å²) in [6.45, 7) is 0. The smallest absolute Gasteiger partial charge is 0.766 e. The van der Waals surface area contributed by atoms with Gasteiger partial charge in [-0.25, -0.2) is 10.1 Å². The maximum atomic E-state index is 11.2. The van der Waals surface area contributed by atoms with E-state index in [4.69, 9.17) is 5.26 Å². The Morgan fingerprint density at radius 2 is 2.00 bits per heavy atom. The SMILES string of the molecule is N#CP(=O)([O-])ONC(=O)c1ccccc1.[K+]. The Kier molecular flexibility index (Phi) is 7.31. The molecule has 0 bridgehead atoms. The predicted octanol–water partition coefficient (Wildman–Crippen LogP) is -2.61. The van der Waals surface area contributed by atoms with Gasteiger partial charge in [0, 0.05) is 5.56 Å². The van der Waals surface area contributed by atoms with E-state index in [1.807, 2.05) is 0 Å². The van der Waals surface area contributed by atoms with Crippen LogP contribution in [0.3, 0.4) is 0 Å². The van der Waals surface area contributed by atoms with Gasteiger partial charge in [0.15, 0.2) is 0 Å². The molecule has 0 radical (unpaired) electrons. The fourth-order valence-corrected chi connectivity index (χ4v) is 1.01. The summed E-state index contributed by atoms with van der Waals surface area (Å²) >= 11 is 0. The number of rotatable bonds is 3. The zero-order valence-corrected chi connectivity index (χ0v) is 12.4. The molecule has 6 nitrogen and oxygen atoms in total. The van der Waals surface area contributed by atoms with Crippen LogP contribution in [0.15, 0.2) is 30.3 Å². The minimum atomic E-state index is -4.62. The van der Waals surface area contributed by atoms with Crippen molar-refractivity contribution in [1.82, 2.24) is 5.48 Å². The minimum absolute atomic E-state index is 0. The number of hydroxylamine groups is 1. The molecule has 1 amide bonds. The number of nitrogens with zero attached hydrogens (tertiary/aromatic N) is 1. The summed E-state index contributed by atoms with van der Waals surface area (Å²) in [5.41, 5.74) is 1.88. The second-order valence-corrected chi connectivity index (χ2v) is 3.86. The zero-order chi connectivity index (χ0) is 11.3. The third-order valence-electron chi connectivity index (χ3n) is 1.42. The number of benzene rings is 1. The number of carbonyl (C=O) groups excluding carboxylic acids is 1. The van der Waals surface area contributed by atoms with Crippen molar-refractivity contribution in [2.75, 3.05) is 0 Å². The summed E-state index contributed by atoms with van der Waals surface area (Å²) in [5, 5.41) is 8.08. The molecule has 8 heteroatoms. The molecule has 16 heavy (non-hydrogen) atoms. The van der Waals surface area contributed by atoms with Gasteiger partial charge in [-0.1, -0.05) is 18.2 Å². The first kappa shape index (κ1) is 16.0. The molecule has 1 aromatic carbocycles. The van der Waals surface area contributed by atoms with Crippen molar-refractivity contribution < 1.29 is 70.3 Å².